The Balaban J connectivity index is 4.31. The van der Waals surface area contributed by atoms with E-state index in [9.17, 15) is 0 Å². The van der Waals surface area contributed by atoms with Gasteiger partial charge < -0.3 is 11.1 Å². The van der Waals surface area contributed by atoms with E-state index in [-0.39, 0.29) is 5.92 Å². The van der Waals surface area contributed by atoms with Crippen LogP contribution in [0.2, 0.25) is 0 Å². The molecule has 0 aliphatic carbocycles. The van der Waals surface area contributed by atoms with Crippen LogP contribution in [0.5, 0.6) is 0 Å². The van der Waals surface area contributed by atoms with Crippen molar-refractivity contribution < 1.29 is 0 Å². The van der Waals surface area contributed by atoms with Crippen molar-refractivity contribution in [3.05, 3.63) is 11.8 Å². The van der Waals surface area contributed by atoms with E-state index in [4.69, 9.17) is 11.1 Å². The Labute approximate surface area is 81.7 Å². The summed E-state index contributed by atoms with van der Waals surface area (Å²) in [6.45, 7) is 6.15. The maximum Gasteiger partial charge on any atom is 0.0189 e. The van der Waals surface area contributed by atoms with Gasteiger partial charge in [-0.1, -0.05) is 26.7 Å². The number of hydrogen-bond acceptors (Lipinski definition) is 2. The maximum atomic E-state index is 7.67. The van der Waals surface area contributed by atoms with Crippen LogP contribution in [-0.4, -0.2) is 5.71 Å². The van der Waals surface area contributed by atoms with E-state index in [0.717, 1.165) is 18.6 Å². The molecule has 0 saturated heterocycles. The lowest BCUT2D eigenvalue weighted by Gasteiger charge is -2.17. The highest BCUT2D eigenvalue weighted by Crippen LogP contribution is 2.21. The Kier molecular flexibility index (Phi) is 6.29. The highest BCUT2D eigenvalue weighted by Gasteiger charge is 2.13. The fraction of sp³-hybridized carbons (Fsp3) is 0.727. The molecule has 0 rings (SSSR count). The molecule has 76 valence electrons. The highest BCUT2D eigenvalue weighted by atomic mass is 14.5. The van der Waals surface area contributed by atoms with Gasteiger partial charge in [-0.05, 0) is 31.5 Å². The van der Waals surface area contributed by atoms with Crippen molar-refractivity contribution in [3.8, 4) is 0 Å². The summed E-state index contributed by atoms with van der Waals surface area (Å²) >= 11 is 0. The highest BCUT2D eigenvalue weighted by molar-refractivity contribution is 5.83. The lowest BCUT2D eigenvalue weighted by Crippen LogP contribution is -2.14. The van der Waals surface area contributed by atoms with Crippen LogP contribution in [0.15, 0.2) is 11.8 Å². The first-order valence-corrected chi connectivity index (χ1v) is 5.13. The van der Waals surface area contributed by atoms with E-state index in [1.165, 1.54) is 18.4 Å². The fourth-order valence-electron chi connectivity index (χ4n) is 1.57. The quantitative estimate of drug-likeness (QED) is 0.609. The van der Waals surface area contributed by atoms with Gasteiger partial charge in [-0.25, -0.2) is 0 Å². The summed E-state index contributed by atoms with van der Waals surface area (Å²) in [4.78, 5) is 0. The number of allylic oxidation sites excluding steroid dienone is 1. The molecule has 0 aromatic carbocycles. The van der Waals surface area contributed by atoms with Gasteiger partial charge in [-0.2, -0.15) is 0 Å². The van der Waals surface area contributed by atoms with Crippen LogP contribution < -0.4 is 5.73 Å². The SMILES string of the molecule is CCCCC(C(C)=N)/C(=C\N)CC. The molecule has 0 aromatic heterocycles. The molecule has 2 nitrogen and oxygen atoms in total. The Morgan fingerprint density at radius 2 is 2.08 bits per heavy atom. The first-order valence-electron chi connectivity index (χ1n) is 5.13. The Bertz CT molecular complexity index is 183. The zero-order valence-electron chi connectivity index (χ0n) is 9.06. The minimum atomic E-state index is 0.287. The van der Waals surface area contributed by atoms with Crippen LogP contribution in [0.25, 0.3) is 0 Å². The lowest BCUT2D eigenvalue weighted by atomic mass is 9.89. The summed E-state index contributed by atoms with van der Waals surface area (Å²) in [7, 11) is 0. The second kappa shape index (κ2) is 6.70. The first kappa shape index (κ1) is 12.2. The molecule has 0 aliphatic heterocycles. The summed E-state index contributed by atoms with van der Waals surface area (Å²) in [6, 6.07) is 0. The average Bonchev–Trinajstić information content (AvgIpc) is 2.11. The van der Waals surface area contributed by atoms with E-state index in [1.54, 1.807) is 6.20 Å². The lowest BCUT2D eigenvalue weighted by molar-refractivity contribution is 0.624. The van der Waals surface area contributed by atoms with Crippen LogP contribution in [0.3, 0.4) is 0 Å². The van der Waals surface area contributed by atoms with Gasteiger partial charge in [0.05, 0.1) is 0 Å². The summed E-state index contributed by atoms with van der Waals surface area (Å²) in [5.74, 6) is 0.287. The molecule has 13 heavy (non-hydrogen) atoms. The van der Waals surface area contributed by atoms with E-state index < -0.39 is 0 Å². The van der Waals surface area contributed by atoms with Gasteiger partial charge >= 0.3 is 0 Å². The number of nitrogens with one attached hydrogen (secondary N) is 1. The van der Waals surface area contributed by atoms with E-state index in [1.807, 2.05) is 6.92 Å². The minimum Gasteiger partial charge on any atom is -0.405 e. The number of nitrogens with two attached hydrogens (primary N) is 1. The van der Waals surface area contributed by atoms with E-state index >= 15 is 0 Å². The maximum absolute atomic E-state index is 7.67. The van der Waals surface area contributed by atoms with Crippen molar-refractivity contribution in [2.75, 3.05) is 0 Å². The molecule has 0 amide bonds. The van der Waals surface area contributed by atoms with Crippen molar-refractivity contribution in [1.29, 1.82) is 5.41 Å². The van der Waals surface area contributed by atoms with Gasteiger partial charge in [-0.15, -0.1) is 0 Å². The molecule has 0 fully saturated rings. The van der Waals surface area contributed by atoms with Crippen molar-refractivity contribution in [3.63, 3.8) is 0 Å². The third kappa shape index (κ3) is 4.11. The monoisotopic (exact) mass is 182 g/mol. The van der Waals surface area contributed by atoms with Gasteiger partial charge in [-0.3, -0.25) is 0 Å². The van der Waals surface area contributed by atoms with Crippen LogP contribution in [0.4, 0.5) is 0 Å². The molecule has 3 N–H and O–H groups in total. The van der Waals surface area contributed by atoms with Gasteiger partial charge in [0, 0.05) is 11.6 Å². The van der Waals surface area contributed by atoms with Crippen LogP contribution >= 0.6 is 0 Å². The largest absolute Gasteiger partial charge is 0.405 e. The molecule has 1 unspecified atom stereocenters. The van der Waals surface area contributed by atoms with Gasteiger partial charge in [0.15, 0.2) is 0 Å². The molecule has 0 radical (unpaired) electrons. The molecule has 0 bridgehead atoms. The zero-order valence-corrected chi connectivity index (χ0v) is 9.06. The molecule has 0 heterocycles. The van der Waals surface area contributed by atoms with Crippen LogP contribution in [0, 0.1) is 11.3 Å². The number of unbranched alkanes of at least 4 members (excludes halogenated alkanes) is 1. The van der Waals surface area contributed by atoms with Gasteiger partial charge in [0.1, 0.15) is 0 Å². The second-order valence-electron chi connectivity index (χ2n) is 3.47. The van der Waals surface area contributed by atoms with E-state index in [2.05, 4.69) is 13.8 Å². The average molecular weight is 182 g/mol. The molecule has 0 spiro atoms. The second-order valence-corrected chi connectivity index (χ2v) is 3.47. The van der Waals surface area contributed by atoms with Crippen molar-refractivity contribution in [1.82, 2.24) is 0 Å². The predicted molar refractivity (Wildman–Crippen MR) is 59.0 cm³/mol. The normalized spacial score (nSPS) is 14.2. The summed E-state index contributed by atoms with van der Waals surface area (Å²) in [6.07, 6.45) is 6.08. The standard InChI is InChI=1S/C11H22N2/c1-4-6-7-11(9(3)13)10(5-2)8-12/h8,11,13H,4-7,12H2,1-3H3/b10-8-,13-9?. The molecule has 2 heteroatoms. The first-order chi connectivity index (χ1) is 6.17. The van der Waals surface area contributed by atoms with Crippen molar-refractivity contribution >= 4 is 5.71 Å². The summed E-state index contributed by atoms with van der Waals surface area (Å²) in [5, 5.41) is 7.67. The Morgan fingerprint density at radius 3 is 2.38 bits per heavy atom. The molecular weight excluding hydrogens is 160 g/mol. The smallest absolute Gasteiger partial charge is 0.0189 e. The minimum absolute atomic E-state index is 0.287. The molecule has 0 saturated carbocycles. The molecular formula is C11H22N2. The van der Waals surface area contributed by atoms with Gasteiger partial charge in [0.2, 0.25) is 0 Å². The summed E-state index contributed by atoms with van der Waals surface area (Å²) in [5.41, 5.74) is 7.49. The molecule has 1 atom stereocenters. The van der Waals surface area contributed by atoms with Crippen molar-refractivity contribution in [2.24, 2.45) is 11.7 Å². The fourth-order valence-corrected chi connectivity index (χ4v) is 1.57. The predicted octanol–water partition coefficient (Wildman–Crippen LogP) is 3.09. The Hall–Kier alpha value is -0.790. The van der Waals surface area contributed by atoms with Crippen molar-refractivity contribution in [2.45, 2.75) is 46.5 Å². The van der Waals surface area contributed by atoms with Crippen LogP contribution in [-0.2, 0) is 0 Å². The topological polar surface area (TPSA) is 49.9 Å². The van der Waals surface area contributed by atoms with Gasteiger partial charge in [0.25, 0.3) is 0 Å². The third-order valence-corrected chi connectivity index (χ3v) is 2.44. The third-order valence-electron chi connectivity index (χ3n) is 2.44. The van der Waals surface area contributed by atoms with Crippen LogP contribution in [0.1, 0.15) is 46.5 Å². The zero-order chi connectivity index (χ0) is 10.3. The number of hydrogen-bond donors (Lipinski definition) is 2. The summed E-state index contributed by atoms with van der Waals surface area (Å²) < 4.78 is 0. The molecule has 0 aromatic rings. The Morgan fingerprint density at radius 1 is 1.46 bits per heavy atom. The number of rotatable bonds is 6. The van der Waals surface area contributed by atoms with E-state index in [0.29, 0.717) is 0 Å². The molecule has 0 aliphatic rings.